The van der Waals surface area contributed by atoms with Crippen molar-refractivity contribution in [3.8, 4) is 5.75 Å². The maximum Gasteiger partial charge on any atom is 0.138 e. The first-order valence-electron chi connectivity index (χ1n) is 3.92. The number of phenolic OH excluding ortho intramolecular Hbond substituents is 1. The summed E-state index contributed by atoms with van der Waals surface area (Å²) in [6.07, 6.45) is 1.52. The Morgan fingerprint density at radius 1 is 1.33 bits per heavy atom. The van der Waals surface area contributed by atoms with E-state index >= 15 is 0 Å². The number of hydrogen-bond donors (Lipinski definition) is 3. The SMILES string of the molecule is Nc1cc(CCCO)ccc1O. The smallest absolute Gasteiger partial charge is 0.138 e. The summed E-state index contributed by atoms with van der Waals surface area (Å²) in [7, 11) is 0. The monoisotopic (exact) mass is 167 g/mol. The van der Waals surface area contributed by atoms with Crippen molar-refractivity contribution in [2.75, 3.05) is 12.3 Å². The van der Waals surface area contributed by atoms with E-state index in [1.807, 2.05) is 0 Å². The van der Waals surface area contributed by atoms with Crippen molar-refractivity contribution in [2.24, 2.45) is 0 Å². The molecule has 12 heavy (non-hydrogen) atoms. The number of benzene rings is 1. The van der Waals surface area contributed by atoms with Crippen LogP contribution >= 0.6 is 0 Å². The number of nitrogens with two attached hydrogens (primary N) is 1. The Bertz CT molecular complexity index is 261. The number of nitrogen functional groups attached to an aromatic ring is 1. The van der Waals surface area contributed by atoms with E-state index < -0.39 is 0 Å². The van der Waals surface area contributed by atoms with Crippen molar-refractivity contribution in [1.29, 1.82) is 0 Å². The van der Waals surface area contributed by atoms with Gasteiger partial charge in [-0.2, -0.15) is 0 Å². The van der Waals surface area contributed by atoms with E-state index in [-0.39, 0.29) is 12.4 Å². The molecule has 3 nitrogen and oxygen atoms in total. The Morgan fingerprint density at radius 3 is 2.67 bits per heavy atom. The van der Waals surface area contributed by atoms with Crippen LogP contribution in [0.3, 0.4) is 0 Å². The predicted octanol–water partition coefficient (Wildman–Crippen LogP) is 0.899. The number of anilines is 1. The van der Waals surface area contributed by atoms with Gasteiger partial charge in [0.15, 0.2) is 0 Å². The molecule has 0 unspecified atom stereocenters. The van der Waals surface area contributed by atoms with Crippen molar-refractivity contribution < 1.29 is 10.2 Å². The van der Waals surface area contributed by atoms with Crippen LogP contribution in [0.4, 0.5) is 5.69 Å². The quantitative estimate of drug-likeness (QED) is 0.463. The van der Waals surface area contributed by atoms with Crippen LogP contribution in [0, 0.1) is 0 Å². The Labute approximate surface area is 71.5 Å². The maximum atomic E-state index is 9.09. The molecule has 0 bridgehead atoms. The van der Waals surface area contributed by atoms with Gasteiger partial charge in [-0.1, -0.05) is 6.07 Å². The molecule has 0 fully saturated rings. The molecular weight excluding hydrogens is 154 g/mol. The Kier molecular flexibility index (Phi) is 2.94. The Morgan fingerprint density at radius 2 is 2.08 bits per heavy atom. The molecule has 0 saturated heterocycles. The van der Waals surface area contributed by atoms with Crippen molar-refractivity contribution in [2.45, 2.75) is 12.8 Å². The lowest BCUT2D eigenvalue weighted by atomic mass is 10.1. The number of rotatable bonds is 3. The van der Waals surface area contributed by atoms with Crippen molar-refractivity contribution >= 4 is 5.69 Å². The number of phenols is 1. The fraction of sp³-hybridized carbons (Fsp3) is 0.333. The standard InChI is InChI=1S/C9H13NO2/c10-8-6-7(2-1-5-11)3-4-9(8)12/h3-4,6,11-12H,1-2,5,10H2. The van der Waals surface area contributed by atoms with Gasteiger partial charge in [0.2, 0.25) is 0 Å². The molecule has 0 radical (unpaired) electrons. The van der Waals surface area contributed by atoms with Crippen LogP contribution in [-0.2, 0) is 6.42 Å². The van der Waals surface area contributed by atoms with Crippen LogP contribution in [-0.4, -0.2) is 16.8 Å². The maximum absolute atomic E-state index is 9.09. The van der Waals surface area contributed by atoms with E-state index in [0.29, 0.717) is 5.69 Å². The average Bonchev–Trinajstić information content (AvgIpc) is 2.07. The van der Waals surface area contributed by atoms with Gasteiger partial charge in [0.25, 0.3) is 0 Å². The second kappa shape index (κ2) is 3.97. The van der Waals surface area contributed by atoms with Crippen LogP contribution in [0.2, 0.25) is 0 Å². The summed E-state index contributed by atoms with van der Waals surface area (Å²) in [5.74, 6) is 0.114. The summed E-state index contributed by atoms with van der Waals surface area (Å²) in [6, 6.07) is 5.11. The van der Waals surface area contributed by atoms with Crippen LogP contribution in [0.5, 0.6) is 5.75 Å². The van der Waals surface area contributed by atoms with Crippen LogP contribution < -0.4 is 5.73 Å². The van der Waals surface area contributed by atoms with Gasteiger partial charge in [-0.3, -0.25) is 0 Å². The number of aromatic hydroxyl groups is 1. The van der Waals surface area contributed by atoms with E-state index in [2.05, 4.69) is 0 Å². The summed E-state index contributed by atoms with van der Waals surface area (Å²) in [4.78, 5) is 0. The van der Waals surface area contributed by atoms with E-state index in [0.717, 1.165) is 18.4 Å². The van der Waals surface area contributed by atoms with Crippen molar-refractivity contribution in [3.05, 3.63) is 23.8 Å². The fourth-order valence-electron chi connectivity index (χ4n) is 1.04. The van der Waals surface area contributed by atoms with Gasteiger partial charge in [0.1, 0.15) is 5.75 Å². The molecule has 1 aromatic rings. The van der Waals surface area contributed by atoms with Crippen molar-refractivity contribution in [3.63, 3.8) is 0 Å². The molecule has 1 rings (SSSR count). The summed E-state index contributed by atoms with van der Waals surface area (Å²) < 4.78 is 0. The molecule has 66 valence electrons. The minimum Gasteiger partial charge on any atom is -0.506 e. The molecule has 1 aromatic carbocycles. The zero-order valence-electron chi connectivity index (χ0n) is 6.83. The Balaban J connectivity index is 2.69. The topological polar surface area (TPSA) is 66.5 Å². The van der Waals surface area contributed by atoms with E-state index in [1.165, 1.54) is 0 Å². The highest BCUT2D eigenvalue weighted by molar-refractivity contribution is 5.53. The number of aryl methyl sites for hydroxylation is 1. The lowest BCUT2D eigenvalue weighted by Gasteiger charge is -2.02. The fourth-order valence-corrected chi connectivity index (χ4v) is 1.04. The zero-order chi connectivity index (χ0) is 8.97. The van der Waals surface area contributed by atoms with Crippen molar-refractivity contribution in [1.82, 2.24) is 0 Å². The first kappa shape index (κ1) is 8.87. The third-order valence-corrected chi connectivity index (χ3v) is 1.72. The lowest BCUT2D eigenvalue weighted by molar-refractivity contribution is 0.288. The molecule has 0 spiro atoms. The zero-order valence-corrected chi connectivity index (χ0v) is 6.83. The van der Waals surface area contributed by atoms with E-state index in [9.17, 15) is 0 Å². The van der Waals surface area contributed by atoms with E-state index in [1.54, 1.807) is 18.2 Å². The van der Waals surface area contributed by atoms with Gasteiger partial charge in [0.05, 0.1) is 5.69 Å². The number of aliphatic hydroxyl groups excluding tert-OH is 1. The third kappa shape index (κ3) is 2.13. The number of hydrogen-bond acceptors (Lipinski definition) is 3. The lowest BCUT2D eigenvalue weighted by Crippen LogP contribution is -1.92. The van der Waals surface area contributed by atoms with Crippen LogP contribution in [0.1, 0.15) is 12.0 Å². The molecule has 0 heterocycles. The molecule has 0 aromatic heterocycles. The molecule has 3 heteroatoms. The molecule has 0 atom stereocenters. The molecule has 0 aliphatic rings. The van der Waals surface area contributed by atoms with Gasteiger partial charge in [-0.05, 0) is 30.5 Å². The van der Waals surface area contributed by atoms with Gasteiger partial charge in [0, 0.05) is 6.61 Å². The van der Waals surface area contributed by atoms with E-state index in [4.69, 9.17) is 15.9 Å². The minimum atomic E-state index is 0.114. The molecule has 0 aliphatic heterocycles. The third-order valence-electron chi connectivity index (χ3n) is 1.72. The first-order chi connectivity index (χ1) is 5.74. The van der Waals surface area contributed by atoms with Crippen LogP contribution in [0.25, 0.3) is 0 Å². The molecular formula is C9H13NO2. The second-order valence-corrected chi connectivity index (χ2v) is 2.72. The minimum absolute atomic E-state index is 0.114. The van der Waals surface area contributed by atoms with Gasteiger partial charge < -0.3 is 15.9 Å². The average molecular weight is 167 g/mol. The normalized spacial score (nSPS) is 10.1. The highest BCUT2D eigenvalue weighted by atomic mass is 16.3. The largest absolute Gasteiger partial charge is 0.506 e. The molecule has 4 N–H and O–H groups in total. The second-order valence-electron chi connectivity index (χ2n) is 2.72. The van der Waals surface area contributed by atoms with Crippen LogP contribution in [0.15, 0.2) is 18.2 Å². The summed E-state index contributed by atoms with van der Waals surface area (Å²) >= 11 is 0. The van der Waals surface area contributed by atoms with Gasteiger partial charge >= 0.3 is 0 Å². The summed E-state index contributed by atoms with van der Waals surface area (Å²) in [5, 5.41) is 17.7. The highest BCUT2D eigenvalue weighted by Gasteiger charge is 1.97. The number of aliphatic hydroxyl groups is 1. The summed E-state index contributed by atoms with van der Waals surface area (Å²) in [5.41, 5.74) is 6.91. The van der Waals surface area contributed by atoms with Gasteiger partial charge in [-0.25, -0.2) is 0 Å². The molecule has 0 saturated carbocycles. The Hall–Kier alpha value is -1.22. The molecule has 0 amide bonds. The van der Waals surface area contributed by atoms with Gasteiger partial charge in [-0.15, -0.1) is 0 Å². The predicted molar refractivity (Wildman–Crippen MR) is 47.9 cm³/mol. The first-order valence-corrected chi connectivity index (χ1v) is 3.92. The highest BCUT2D eigenvalue weighted by Crippen LogP contribution is 2.20. The molecule has 0 aliphatic carbocycles. The summed E-state index contributed by atoms with van der Waals surface area (Å²) in [6.45, 7) is 0.181.